The van der Waals surface area contributed by atoms with E-state index in [2.05, 4.69) is 22.7 Å². The molecule has 1 aliphatic carbocycles. The van der Waals surface area contributed by atoms with E-state index in [0.29, 0.717) is 19.0 Å². The molecular formula is C20H27ClN4O. The summed E-state index contributed by atoms with van der Waals surface area (Å²) >= 11 is 6.27. The maximum atomic E-state index is 11.7. The third-order valence-electron chi connectivity index (χ3n) is 4.81. The minimum absolute atomic E-state index is 0.175. The Labute approximate surface area is 160 Å². The predicted molar refractivity (Wildman–Crippen MR) is 104 cm³/mol. The number of hydrogen-bond donors (Lipinski definition) is 2. The van der Waals surface area contributed by atoms with Crippen LogP contribution in [0.5, 0.6) is 0 Å². The Hall–Kier alpha value is -1.85. The van der Waals surface area contributed by atoms with Crippen molar-refractivity contribution in [2.24, 2.45) is 0 Å². The molecule has 1 aliphatic rings. The number of rotatable bonds is 9. The molecule has 0 unspecified atom stereocenters. The van der Waals surface area contributed by atoms with Gasteiger partial charge < -0.3 is 10.6 Å². The van der Waals surface area contributed by atoms with E-state index in [1.807, 2.05) is 35.9 Å². The van der Waals surface area contributed by atoms with Crippen molar-refractivity contribution in [2.45, 2.75) is 58.7 Å². The third-order valence-corrected chi connectivity index (χ3v) is 5.18. The van der Waals surface area contributed by atoms with Crippen LogP contribution in [0.1, 0.15) is 48.2 Å². The van der Waals surface area contributed by atoms with E-state index >= 15 is 0 Å². The molecule has 0 bridgehead atoms. The number of amides is 1. The van der Waals surface area contributed by atoms with Gasteiger partial charge >= 0.3 is 0 Å². The predicted octanol–water partition coefficient (Wildman–Crippen LogP) is 3.35. The average molecular weight is 375 g/mol. The van der Waals surface area contributed by atoms with Crippen LogP contribution in [-0.2, 0) is 17.9 Å². The lowest BCUT2D eigenvalue weighted by atomic mass is 10.2. The molecule has 1 fully saturated rings. The minimum Gasteiger partial charge on any atom is -0.353 e. The van der Waals surface area contributed by atoms with Crippen molar-refractivity contribution >= 4 is 17.5 Å². The highest BCUT2D eigenvalue weighted by Crippen LogP contribution is 2.20. The van der Waals surface area contributed by atoms with E-state index in [1.165, 1.54) is 5.56 Å². The van der Waals surface area contributed by atoms with E-state index < -0.39 is 0 Å². The number of nitrogens with one attached hydrogen (secondary N) is 2. The van der Waals surface area contributed by atoms with Crippen LogP contribution in [0, 0.1) is 13.8 Å². The summed E-state index contributed by atoms with van der Waals surface area (Å²) in [5.41, 5.74) is 4.48. The molecule has 26 heavy (non-hydrogen) atoms. The van der Waals surface area contributed by atoms with Crippen LogP contribution in [0.3, 0.4) is 0 Å². The van der Waals surface area contributed by atoms with E-state index in [9.17, 15) is 4.79 Å². The Morgan fingerprint density at radius 3 is 2.81 bits per heavy atom. The number of nitrogens with zero attached hydrogens (tertiary/aromatic N) is 2. The van der Waals surface area contributed by atoms with Crippen molar-refractivity contribution in [3.05, 3.63) is 51.8 Å². The van der Waals surface area contributed by atoms with Gasteiger partial charge in [-0.15, -0.1) is 0 Å². The Balaban J connectivity index is 1.48. The summed E-state index contributed by atoms with van der Waals surface area (Å²) in [6.07, 6.45) is 3.72. The van der Waals surface area contributed by atoms with Crippen molar-refractivity contribution < 1.29 is 4.79 Å². The Bertz CT molecular complexity index is 767. The first-order chi connectivity index (χ1) is 12.5. The molecule has 0 atom stereocenters. The van der Waals surface area contributed by atoms with Crippen molar-refractivity contribution in [1.29, 1.82) is 0 Å². The van der Waals surface area contributed by atoms with Gasteiger partial charge in [-0.3, -0.25) is 9.48 Å². The SMILES string of the molecule is Cc1nn(Cc2ccccc2Cl)c(C)c1CNCCCC(=O)NC1CC1. The van der Waals surface area contributed by atoms with Gasteiger partial charge in [0.25, 0.3) is 0 Å². The number of aromatic nitrogens is 2. The Morgan fingerprint density at radius 2 is 2.08 bits per heavy atom. The van der Waals surface area contributed by atoms with Crippen LogP contribution < -0.4 is 10.6 Å². The fraction of sp³-hybridized carbons (Fsp3) is 0.500. The lowest BCUT2D eigenvalue weighted by Gasteiger charge is -2.08. The number of halogens is 1. The quantitative estimate of drug-likeness (QED) is 0.662. The zero-order valence-corrected chi connectivity index (χ0v) is 16.3. The number of aryl methyl sites for hydroxylation is 1. The van der Waals surface area contributed by atoms with Crippen LogP contribution in [0.4, 0.5) is 0 Å². The topological polar surface area (TPSA) is 59.0 Å². The second kappa shape index (κ2) is 8.69. The molecule has 6 heteroatoms. The van der Waals surface area contributed by atoms with E-state index in [1.54, 1.807) is 0 Å². The lowest BCUT2D eigenvalue weighted by molar-refractivity contribution is -0.121. The molecule has 2 aromatic rings. The molecule has 0 saturated heterocycles. The summed E-state index contributed by atoms with van der Waals surface area (Å²) in [7, 11) is 0. The molecule has 3 rings (SSSR count). The normalized spacial score (nSPS) is 13.8. The molecule has 0 radical (unpaired) electrons. The second-order valence-electron chi connectivity index (χ2n) is 7.02. The van der Waals surface area contributed by atoms with Crippen LogP contribution in [0.25, 0.3) is 0 Å². The number of carbonyl (C=O) groups excluding carboxylic acids is 1. The monoisotopic (exact) mass is 374 g/mol. The fourth-order valence-electron chi connectivity index (χ4n) is 3.05. The van der Waals surface area contributed by atoms with Gasteiger partial charge in [-0.25, -0.2) is 0 Å². The third kappa shape index (κ3) is 5.08. The van der Waals surface area contributed by atoms with Gasteiger partial charge in [0.05, 0.1) is 12.2 Å². The molecule has 1 amide bonds. The van der Waals surface area contributed by atoms with Gasteiger partial charge in [0.15, 0.2) is 0 Å². The first-order valence-corrected chi connectivity index (χ1v) is 9.68. The highest BCUT2D eigenvalue weighted by Gasteiger charge is 2.22. The summed E-state index contributed by atoms with van der Waals surface area (Å²) in [6.45, 7) is 6.40. The molecule has 1 aromatic heterocycles. The largest absolute Gasteiger partial charge is 0.353 e. The molecule has 5 nitrogen and oxygen atoms in total. The number of carbonyl (C=O) groups is 1. The summed E-state index contributed by atoms with van der Waals surface area (Å²) in [5, 5.41) is 11.9. The number of hydrogen-bond acceptors (Lipinski definition) is 3. The Kier molecular flexibility index (Phi) is 6.33. The van der Waals surface area contributed by atoms with Gasteiger partial charge in [0.1, 0.15) is 0 Å². The van der Waals surface area contributed by atoms with Gasteiger partial charge in [-0.2, -0.15) is 5.10 Å². The van der Waals surface area contributed by atoms with Gasteiger partial charge in [-0.1, -0.05) is 29.8 Å². The van der Waals surface area contributed by atoms with E-state index in [0.717, 1.165) is 54.3 Å². The summed E-state index contributed by atoms with van der Waals surface area (Å²) in [4.78, 5) is 11.7. The molecule has 0 aliphatic heterocycles. The van der Waals surface area contributed by atoms with Crippen LogP contribution in [0.15, 0.2) is 24.3 Å². The minimum atomic E-state index is 0.175. The van der Waals surface area contributed by atoms with Crippen LogP contribution in [-0.4, -0.2) is 28.3 Å². The average Bonchev–Trinajstić information content (AvgIpc) is 3.38. The molecular weight excluding hydrogens is 348 g/mol. The summed E-state index contributed by atoms with van der Waals surface area (Å²) in [5.74, 6) is 0.175. The molecule has 2 N–H and O–H groups in total. The molecule has 1 heterocycles. The number of benzene rings is 1. The van der Waals surface area contributed by atoms with Crippen molar-refractivity contribution in [2.75, 3.05) is 6.54 Å². The molecule has 0 spiro atoms. The highest BCUT2D eigenvalue weighted by atomic mass is 35.5. The molecule has 1 saturated carbocycles. The van der Waals surface area contributed by atoms with E-state index in [-0.39, 0.29) is 5.91 Å². The maximum Gasteiger partial charge on any atom is 0.220 e. The van der Waals surface area contributed by atoms with E-state index in [4.69, 9.17) is 11.6 Å². The second-order valence-corrected chi connectivity index (χ2v) is 7.43. The maximum absolute atomic E-state index is 11.7. The van der Waals surface area contributed by atoms with Crippen molar-refractivity contribution in [3.8, 4) is 0 Å². The summed E-state index contributed by atoms with van der Waals surface area (Å²) < 4.78 is 2.01. The lowest BCUT2D eigenvalue weighted by Crippen LogP contribution is -2.26. The summed E-state index contributed by atoms with van der Waals surface area (Å²) in [6, 6.07) is 8.32. The zero-order chi connectivity index (χ0) is 18.5. The highest BCUT2D eigenvalue weighted by molar-refractivity contribution is 6.31. The van der Waals surface area contributed by atoms with Gasteiger partial charge in [-0.05, 0) is 51.3 Å². The molecule has 140 valence electrons. The van der Waals surface area contributed by atoms with Crippen molar-refractivity contribution in [1.82, 2.24) is 20.4 Å². The van der Waals surface area contributed by atoms with Gasteiger partial charge in [0.2, 0.25) is 5.91 Å². The smallest absolute Gasteiger partial charge is 0.220 e. The first-order valence-electron chi connectivity index (χ1n) is 9.31. The first kappa shape index (κ1) is 18.9. The van der Waals surface area contributed by atoms with Crippen LogP contribution in [0.2, 0.25) is 5.02 Å². The van der Waals surface area contributed by atoms with Gasteiger partial charge in [0, 0.05) is 35.3 Å². The van der Waals surface area contributed by atoms with Crippen molar-refractivity contribution in [3.63, 3.8) is 0 Å². The standard InChI is InChI=1S/C20H27ClN4O/c1-14-18(12-22-11-5-8-20(26)23-17-9-10-17)15(2)25(24-14)13-16-6-3-4-7-19(16)21/h3-4,6-7,17,22H,5,8-13H2,1-2H3,(H,23,26). The zero-order valence-electron chi connectivity index (χ0n) is 15.5. The Morgan fingerprint density at radius 1 is 1.31 bits per heavy atom. The fourth-order valence-corrected chi connectivity index (χ4v) is 3.24. The van der Waals surface area contributed by atoms with Crippen LogP contribution >= 0.6 is 11.6 Å². The molecule has 1 aromatic carbocycles.